The SMILES string of the molecule is CCNC(=NCCCCCCC(=O)OCC)N1CCN(c2ccccc2O)CC1.I. The topological polar surface area (TPSA) is 77.4 Å². The molecule has 1 aliphatic rings. The zero-order chi connectivity index (χ0) is 20.9. The van der Waals surface area contributed by atoms with Crippen molar-refractivity contribution in [1.82, 2.24) is 10.2 Å². The number of aliphatic imine (C=N–C) groups is 1. The third-order valence-electron chi connectivity index (χ3n) is 4.99. The summed E-state index contributed by atoms with van der Waals surface area (Å²) in [6.45, 7) is 9.48. The fourth-order valence-corrected chi connectivity index (χ4v) is 3.47. The van der Waals surface area contributed by atoms with E-state index in [-0.39, 0.29) is 29.9 Å². The third-order valence-corrected chi connectivity index (χ3v) is 4.99. The monoisotopic (exact) mass is 532 g/mol. The molecule has 1 aromatic rings. The number of anilines is 1. The number of carbonyl (C=O) groups is 1. The van der Waals surface area contributed by atoms with Crippen LogP contribution in [0.4, 0.5) is 5.69 Å². The summed E-state index contributed by atoms with van der Waals surface area (Å²) in [5, 5.41) is 13.5. The predicted octanol–water partition coefficient (Wildman–Crippen LogP) is 3.61. The van der Waals surface area contributed by atoms with Gasteiger partial charge in [0.2, 0.25) is 0 Å². The van der Waals surface area contributed by atoms with Crippen LogP contribution >= 0.6 is 24.0 Å². The molecule has 0 radical (unpaired) electrons. The summed E-state index contributed by atoms with van der Waals surface area (Å²) in [6, 6.07) is 7.51. The van der Waals surface area contributed by atoms with Gasteiger partial charge < -0.3 is 25.0 Å². The Morgan fingerprint density at radius 2 is 1.80 bits per heavy atom. The number of phenols is 1. The van der Waals surface area contributed by atoms with Crippen LogP contribution in [0.15, 0.2) is 29.3 Å². The zero-order valence-corrected chi connectivity index (χ0v) is 20.6. The first kappa shape index (κ1) is 26.3. The van der Waals surface area contributed by atoms with Gasteiger partial charge in [-0.05, 0) is 38.8 Å². The summed E-state index contributed by atoms with van der Waals surface area (Å²) in [5.41, 5.74) is 0.900. The Kier molecular flexibility index (Phi) is 13.3. The van der Waals surface area contributed by atoms with E-state index < -0.39 is 0 Å². The molecule has 170 valence electrons. The molecule has 2 rings (SSSR count). The Morgan fingerprint density at radius 3 is 2.47 bits per heavy atom. The van der Waals surface area contributed by atoms with Gasteiger partial charge in [0, 0.05) is 45.7 Å². The van der Waals surface area contributed by atoms with Crippen molar-refractivity contribution in [3.63, 3.8) is 0 Å². The molecule has 0 amide bonds. The predicted molar refractivity (Wildman–Crippen MR) is 133 cm³/mol. The summed E-state index contributed by atoms with van der Waals surface area (Å²) in [4.78, 5) is 20.6. The average molecular weight is 532 g/mol. The maximum absolute atomic E-state index is 11.3. The standard InChI is InChI=1S/C22H36N4O3.HI/c1-3-23-22(24-14-10-6-5-7-13-21(28)29-4-2)26-17-15-25(16-18-26)19-11-8-9-12-20(19)27;/h8-9,11-12,27H,3-7,10,13-18H2,1-2H3,(H,23,24);1H. The molecular weight excluding hydrogens is 495 g/mol. The maximum Gasteiger partial charge on any atom is 0.305 e. The summed E-state index contributed by atoms with van der Waals surface area (Å²) >= 11 is 0. The van der Waals surface area contributed by atoms with Crippen molar-refractivity contribution in [2.24, 2.45) is 4.99 Å². The highest BCUT2D eigenvalue weighted by Crippen LogP contribution is 2.27. The normalized spacial score (nSPS) is 14.3. The highest BCUT2D eigenvalue weighted by molar-refractivity contribution is 14.0. The molecule has 0 atom stereocenters. The van der Waals surface area contributed by atoms with Gasteiger partial charge in [-0.15, -0.1) is 24.0 Å². The summed E-state index contributed by atoms with van der Waals surface area (Å²) in [7, 11) is 0. The van der Waals surface area contributed by atoms with Crippen LogP contribution in [0.1, 0.15) is 46.0 Å². The molecule has 7 nitrogen and oxygen atoms in total. The van der Waals surface area contributed by atoms with Gasteiger partial charge in [-0.3, -0.25) is 9.79 Å². The Balaban J connectivity index is 0.00000450. The van der Waals surface area contributed by atoms with Crippen molar-refractivity contribution in [3.05, 3.63) is 24.3 Å². The lowest BCUT2D eigenvalue weighted by molar-refractivity contribution is -0.143. The van der Waals surface area contributed by atoms with Crippen LogP contribution in [0, 0.1) is 0 Å². The van der Waals surface area contributed by atoms with Crippen molar-refractivity contribution in [3.8, 4) is 5.75 Å². The van der Waals surface area contributed by atoms with Gasteiger partial charge in [0.1, 0.15) is 5.75 Å². The van der Waals surface area contributed by atoms with Crippen molar-refractivity contribution in [2.75, 3.05) is 50.8 Å². The van der Waals surface area contributed by atoms with E-state index in [2.05, 4.69) is 22.0 Å². The molecule has 1 fully saturated rings. The number of phenolic OH excluding ortho intramolecular Hbond substituents is 1. The second kappa shape index (κ2) is 15.1. The molecule has 0 spiro atoms. The summed E-state index contributed by atoms with van der Waals surface area (Å²) < 4.78 is 4.95. The quantitative estimate of drug-likeness (QED) is 0.158. The number of nitrogens with zero attached hydrogens (tertiary/aromatic N) is 3. The van der Waals surface area contributed by atoms with Crippen molar-refractivity contribution >= 4 is 41.6 Å². The van der Waals surface area contributed by atoms with Gasteiger partial charge in [-0.2, -0.15) is 0 Å². The molecule has 1 aromatic carbocycles. The van der Waals surface area contributed by atoms with Crippen LogP contribution in [-0.2, 0) is 9.53 Å². The van der Waals surface area contributed by atoms with Gasteiger partial charge in [0.25, 0.3) is 0 Å². The van der Waals surface area contributed by atoms with E-state index >= 15 is 0 Å². The fourth-order valence-electron chi connectivity index (χ4n) is 3.47. The number of aromatic hydroxyl groups is 1. The van der Waals surface area contributed by atoms with Crippen LogP contribution in [-0.4, -0.2) is 67.8 Å². The lowest BCUT2D eigenvalue weighted by atomic mass is 10.1. The number of rotatable bonds is 10. The third kappa shape index (κ3) is 8.97. The second-order valence-corrected chi connectivity index (χ2v) is 7.17. The summed E-state index contributed by atoms with van der Waals surface area (Å²) in [6.07, 6.45) is 4.53. The van der Waals surface area contributed by atoms with E-state index in [1.165, 1.54) is 0 Å². The number of piperazine rings is 1. The number of carbonyl (C=O) groups excluding carboxylic acids is 1. The van der Waals surface area contributed by atoms with Gasteiger partial charge in [-0.25, -0.2) is 0 Å². The fraction of sp³-hybridized carbons (Fsp3) is 0.636. The summed E-state index contributed by atoms with van der Waals surface area (Å²) in [5.74, 6) is 1.21. The molecule has 1 aliphatic heterocycles. The number of hydrogen-bond acceptors (Lipinski definition) is 5. The Labute approximate surface area is 197 Å². The van der Waals surface area contributed by atoms with Crippen LogP contribution < -0.4 is 10.2 Å². The first-order valence-electron chi connectivity index (χ1n) is 10.9. The van der Waals surface area contributed by atoms with Gasteiger partial charge >= 0.3 is 5.97 Å². The Bertz CT molecular complexity index is 649. The van der Waals surface area contributed by atoms with E-state index in [4.69, 9.17) is 9.73 Å². The Morgan fingerprint density at radius 1 is 1.10 bits per heavy atom. The van der Waals surface area contributed by atoms with Gasteiger partial charge in [0.05, 0.1) is 12.3 Å². The van der Waals surface area contributed by atoms with E-state index in [0.717, 1.165) is 76.6 Å². The minimum atomic E-state index is -0.0945. The minimum absolute atomic E-state index is 0. The lowest BCUT2D eigenvalue weighted by Crippen LogP contribution is -2.52. The molecule has 0 saturated carbocycles. The number of unbranched alkanes of at least 4 members (excludes halogenated alkanes) is 3. The molecular formula is C22H37IN4O3. The average Bonchev–Trinajstić information content (AvgIpc) is 2.73. The van der Waals surface area contributed by atoms with Gasteiger partial charge in [-0.1, -0.05) is 25.0 Å². The molecule has 0 aliphatic carbocycles. The molecule has 0 bridgehead atoms. The number of halogens is 1. The highest BCUT2D eigenvalue weighted by atomic mass is 127. The molecule has 2 N–H and O–H groups in total. The van der Waals surface area contributed by atoms with Crippen molar-refractivity contribution < 1.29 is 14.6 Å². The lowest BCUT2D eigenvalue weighted by Gasteiger charge is -2.37. The van der Waals surface area contributed by atoms with Crippen LogP contribution in [0.3, 0.4) is 0 Å². The minimum Gasteiger partial charge on any atom is -0.506 e. The number of benzene rings is 1. The molecule has 1 heterocycles. The van der Waals surface area contributed by atoms with E-state index in [1.54, 1.807) is 6.07 Å². The molecule has 30 heavy (non-hydrogen) atoms. The number of guanidine groups is 1. The van der Waals surface area contributed by atoms with Crippen LogP contribution in [0.2, 0.25) is 0 Å². The van der Waals surface area contributed by atoms with E-state index in [1.807, 2.05) is 25.1 Å². The van der Waals surface area contributed by atoms with Gasteiger partial charge in [0.15, 0.2) is 5.96 Å². The molecule has 1 saturated heterocycles. The van der Waals surface area contributed by atoms with E-state index in [9.17, 15) is 9.90 Å². The number of hydrogen-bond donors (Lipinski definition) is 2. The second-order valence-electron chi connectivity index (χ2n) is 7.17. The Hall–Kier alpha value is -1.71. The number of ether oxygens (including phenoxy) is 1. The first-order chi connectivity index (χ1) is 14.2. The van der Waals surface area contributed by atoms with E-state index in [0.29, 0.717) is 18.8 Å². The van der Waals surface area contributed by atoms with Crippen molar-refractivity contribution in [1.29, 1.82) is 0 Å². The molecule has 0 unspecified atom stereocenters. The highest BCUT2D eigenvalue weighted by Gasteiger charge is 2.21. The van der Waals surface area contributed by atoms with Crippen LogP contribution in [0.25, 0.3) is 0 Å². The maximum atomic E-state index is 11.3. The smallest absolute Gasteiger partial charge is 0.305 e. The van der Waals surface area contributed by atoms with Crippen molar-refractivity contribution in [2.45, 2.75) is 46.0 Å². The molecule has 0 aromatic heterocycles. The zero-order valence-electron chi connectivity index (χ0n) is 18.3. The number of nitrogens with one attached hydrogen (secondary N) is 1. The number of esters is 1. The molecule has 8 heteroatoms. The first-order valence-corrected chi connectivity index (χ1v) is 10.9. The van der Waals surface area contributed by atoms with Crippen LogP contribution in [0.5, 0.6) is 5.75 Å². The largest absolute Gasteiger partial charge is 0.506 e. The number of para-hydroxylation sites is 2.